The van der Waals surface area contributed by atoms with Gasteiger partial charge in [-0.1, -0.05) is 23.7 Å². The highest BCUT2D eigenvalue weighted by Gasteiger charge is 2.06. The van der Waals surface area contributed by atoms with Crippen molar-refractivity contribution >= 4 is 23.2 Å². The molecule has 2 aromatic rings. The van der Waals surface area contributed by atoms with Crippen molar-refractivity contribution in [2.45, 2.75) is 12.8 Å². The molecule has 94 valence electrons. The number of carbonyl (C=O) groups excluding carboxylic acids is 1. The molecule has 0 aliphatic rings. The van der Waals surface area contributed by atoms with E-state index < -0.39 is 0 Å². The first-order valence-electron chi connectivity index (χ1n) is 5.81. The zero-order chi connectivity index (χ0) is 13.0. The van der Waals surface area contributed by atoms with E-state index in [4.69, 9.17) is 11.6 Å². The van der Waals surface area contributed by atoms with E-state index in [-0.39, 0.29) is 5.91 Å². The molecule has 0 radical (unpaired) electrons. The van der Waals surface area contributed by atoms with Crippen LogP contribution in [0.3, 0.4) is 0 Å². The number of halogens is 1. The number of nitrogens with one attached hydrogen (secondary N) is 1. The van der Waals surface area contributed by atoms with E-state index in [9.17, 15) is 4.79 Å². The highest BCUT2D eigenvalue weighted by atomic mass is 35.5. The van der Waals surface area contributed by atoms with Crippen LogP contribution >= 0.6 is 11.6 Å². The number of hydrogen-bond donors (Lipinski definition) is 1. The Hall–Kier alpha value is -1.74. The summed E-state index contributed by atoms with van der Waals surface area (Å²) in [6.07, 6.45) is 3.14. The number of para-hydroxylation sites is 1. The molecule has 2 rings (SSSR count). The second-order valence-electron chi connectivity index (χ2n) is 4.14. The molecular weight excluding hydrogens is 248 g/mol. The Morgan fingerprint density at radius 3 is 2.72 bits per heavy atom. The third-order valence-electron chi connectivity index (χ3n) is 2.81. The van der Waals surface area contributed by atoms with Crippen LogP contribution in [-0.4, -0.2) is 10.5 Å². The fourth-order valence-electron chi connectivity index (χ4n) is 1.77. The van der Waals surface area contributed by atoms with Gasteiger partial charge in [0.15, 0.2) is 0 Å². The molecule has 0 fully saturated rings. The lowest BCUT2D eigenvalue weighted by Crippen LogP contribution is -2.13. The van der Waals surface area contributed by atoms with Crippen molar-refractivity contribution in [3.63, 3.8) is 0 Å². The summed E-state index contributed by atoms with van der Waals surface area (Å²) in [5, 5.41) is 3.37. The predicted octanol–water partition coefficient (Wildman–Crippen LogP) is 3.25. The quantitative estimate of drug-likeness (QED) is 0.902. The van der Waals surface area contributed by atoms with Gasteiger partial charge in [-0.25, -0.2) is 0 Å². The van der Waals surface area contributed by atoms with Gasteiger partial charge in [-0.15, -0.1) is 0 Å². The summed E-state index contributed by atoms with van der Waals surface area (Å²) < 4.78 is 2.02. The zero-order valence-electron chi connectivity index (χ0n) is 10.2. The third-order valence-corrected chi connectivity index (χ3v) is 3.14. The molecule has 0 saturated carbocycles. The van der Waals surface area contributed by atoms with Crippen LogP contribution in [-0.2, 0) is 18.3 Å². The first-order valence-corrected chi connectivity index (χ1v) is 6.19. The summed E-state index contributed by atoms with van der Waals surface area (Å²) in [7, 11) is 1.97. The minimum absolute atomic E-state index is 0.0238. The predicted molar refractivity (Wildman–Crippen MR) is 73.8 cm³/mol. The number of aromatic nitrogens is 1. The van der Waals surface area contributed by atoms with Crippen molar-refractivity contribution in [1.82, 2.24) is 4.57 Å². The van der Waals surface area contributed by atoms with E-state index in [0.717, 1.165) is 12.1 Å². The van der Waals surface area contributed by atoms with Crippen molar-refractivity contribution < 1.29 is 4.79 Å². The topological polar surface area (TPSA) is 34.0 Å². The number of rotatable bonds is 4. The van der Waals surface area contributed by atoms with Crippen LogP contribution < -0.4 is 5.32 Å². The van der Waals surface area contributed by atoms with E-state index in [2.05, 4.69) is 5.32 Å². The van der Waals surface area contributed by atoms with E-state index in [1.165, 1.54) is 0 Å². The van der Waals surface area contributed by atoms with Crippen LogP contribution in [0.25, 0.3) is 0 Å². The summed E-state index contributed by atoms with van der Waals surface area (Å²) in [4.78, 5) is 11.8. The molecule has 0 saturated heterocycles. The standard InChI is InChI=1S/C14H15ClN2O/c1-17-10-4-5-11(17)8-9-14(18)16-13-7-3-2-6-12(13)15/h2-7,10H,8-9H2,1H3,(H,16,18). The molecule has 0 aliphatic carbocycles. The number of benzene rings is 1. The van der Waals surface area contributed by atoms with Gasteiger partial charge >= 0.3 is 0 Å². The van der Waals surface area contributed by atoms with Crippen LogP contribution in [0.4, 0.5) is 5.69 Å². The van der Waals surface area contributed by atoms with Gasteiger partial charge < -0.3 is 9.88 Å². The molecule has 3 nitrogen and oxygen atoms in total. The van der Waals surface area contributed by atoms with Gasteiger partial charge in [-0.3, -0.25) is 4.79 Å². The zero-order valence-corrected chi connectivity index (χ0v) is 10.9. The smallest absolute Gasteiger partial charge is 0.224 e. The molecule has 1 heterocycles. The van der Waals surface area contributed by atoms with Gasteiger partial charge in [0.05, 0.1) is 10.7 Å². The maximum Gasteiger partial charge on any atom is 0.224 e. The lowest BCUT2D eigenvalue weighted by atomic mass is 10.2. The molecule has 0 bridgehead atoms. The van der Waals surface area contributed by atoms with Crippen LogP contribution in [0.1, 0.15) is 12.1 Å². The van der Waals surface area contributed by atoms with Gasteiger partial charge in [-0.2, -0.15) is 0 Å². The largest absolute Gasteiger partial charge is 0.354 e. The average molecular weight is 263 g/mol. The van der Waals surface area contributed by atoms with E-state index >= 15 is 0 Å². The second kappa shape index (κ2) is 5.74. The first kappa shape index (κ1) is 12.7. The minimum atomic E-state index is -0.0238. The van der Waals surface area contributed by atoms with Crippen molar-refractivity contribution in [3.05, 3.63) is 53.3 Å². The molecule has 1 N–H and O–H groups in total. The van der Waals surface area contributed by atoms with Gasteiger partial charge in [0.25, 0.3) is 0 Å². The van der Waals surface area contributed by atoms with Gasteiger partial charge in [0.1, 0.15) is 0 Å². The summed E-state index contributed by atoms with van der Waals surface area (Å²) in [5.41, 5.74) is 1.81. The maximum atomic E-state index is 11.8. The molecule has 1 aromatic carbocycles. The Bertz CT molecular complexity index is 548. The summed E-state index contributed by atoms with van der Waals surface area (Å²) >= 11 is 5.97. The Labute approximate surface area is 111 Å². The molecule has 1 aromatic heterocycles. The Morgan fingerprint density at radius 1 is 1.28 bits per heavy atom. The molecular formula is C14H15ClN2O. The van der Waals surface area contributed by atoms with Gasteiger partial charge in [0, 0.05) is 25.4 Å². The maximum absolute atomic E-state index is 11.8. The van der Waals surface area contributed by atoms with Gasteiger partial charge in [-0.05, 0) is 30.7 Å². The molecule has 0 spiro atoms. The van der Waals surface area contributed by atoms with Crippen LogP contribution in [0.15, 0.2) is 42.6 Å². The van der Waals surface area contributed by atoms with Crippen molar-refractivity contribution in [2.75, 3.05) is 5.32 Å². The second-order valence-corrected chi connectivity index (χ2v) is 4.55. The van der Waals surface area contributed by atoms with E-state index in [1.54, 1.807) is 12.1 Å². The lowest BCUT2D eigenvalue weighted by molar-refractivity contribution is -0.116. The summed E-state index contributed by atoms with van der Waals surface area (Å²) in [5.74, 6) is -0.0238. The van der Waals surface area contributed by atoms with Crippen LogP contribution in [0.2, 0.25) is 5.02 Å². The SMILES string of the molecule is Cn1cccc1CCC(=O)Nc1ccccc1Cl. The van der Waals surface area contributed by atoms with E-state index in [0.29, 0.717) is 17.1 Å². The van der Waals surface area contributed by atoms with Crippen LogP contribution in [0.5, 0.6) is 0 Å². The molecule has 0 aliphatic heterocycles. The minimum Gasteiger partial charge on any atom is -0.354 e. The fourth-order valence-corrected chi connectivity index (χ4v) is 1.96. The molecule has 18 heavy (non-hydrogen) atoms. The molecule has 0 unspecified atom stereocenters. The number of nitrogens with zero attached hydrogens (tertiary/aromatic N) is 1. The monoisotopic (exact) mass is 262 g/mol. The third kappa shape index (κ3) is 3.14. The Kier molecular flexibility index (Phi) is 4.05. The molecule has 4 heteroatoms. The number of amides is 1. The Balaban J connectivity index is 1.90. The number of anilines is 1. The number of aryl methyl sites for hydroxylation is 2. The average Bonchev–Trinajstić information content (AvgIpc) is 2.75. The number of hydrogen-bond acceptors (Lipinski definition) is 1. The summed E-state index contributed by atoms with van der Waals surface area (Å²) in [6, 6.07) is 11.2. The normalized spacial score (nSPS) is 10.3. The van der Waals surface area contributed by atoms with E-state index in [1.807, 2.05) is 42.1 Å². The highest BCUT2D eigenvalue weighted by molar-refractivity contribution is 6.33. The Morgan fingerprint density at radius 2 is 2.06 bits per heavy atom. The molecule has 0 atom stereocenters. The van der Waals surface area contributed by atoms with Crippen LogP contribution in [0, 0.1) is 0 Å². The number of carbonyl (C=O) groups is 1. The molecule has 1 amide bonds. The van der Waals surface area contributed by atoms with Crippen molar-refractivity contribution in [3.8, 4) is 0 Å². The first-order chi connectivity index (χ1) is 8.66. The van der Waals surface area contributed by atoms with Crippen molar-refractivity contribution in [2.24, 2.45) is 7.05 Å². The van der Waals surface area contributed by atoms with Crippen molar-refractivity contribution in [1.29, 1.82) is 0 Å². The van der Waals surface area contributed by atoms with Gasteiger partial charge in [0.2, 0.25) is 5.91 Å². The lowest BCUT2D eigenvalue weighted by Gasteiger charge is -2.07. The highest BCUT2D eigenvalue weighted by Crippen LogP contribution is 2.20. The summed E-state index contributed by atoms with van der Waals surface area (Å²) in [6.45, 7) is 0. The fraction of sp³-hybridized carbons (Fsp3) is 0.214.